The van der Waals surface area contributed by atoms with Crippen LogP contribution in [0, 0.1) is 0 Å². The van der Waals surface area contributed by atoms with Crippen molar-refractivity contribution in [3.05, 3.63) is 65.5 Å². The first-order valence-corrected chi connectivity index (χ1v) is 6.67. The van der Waals surface area contributed by atoms with E-state index in [1.165, 1.54) is 7.11 Å². The third kappa shape index (κ3) is 4.02. The molecule has 0 aliphatic carbocycles. The Morgan fingerprint density at radius 1 is 1.14 bits per heavy atom. The van der Waals surface area contributed by atoms with Crippen LogP contribution in [-0.4, -0.2) is 24.2 Å². The first-order chi connectivity index (χ1) is 10.6. The van der Waals surface area contributed by atoms with Gasteiger partial charge >= 0.3 is 11.9 Å². The molecular formula is C17H16NO4+. The molecule has 2 rings (SSSR count). The number of carboxylic acids is 1. The topological polar surface area (TPSA) is 67.5 Å². The number of benzene rings is 1. The Morgan fingerprint density at radius 2 is 1.86 bits per heavy atom. The molecule has 5 heteroatoms. The van der Waals surface area contributed by atoms with Gasteiger partial charge in [-0.25, -0.2) is 9.59 Å². The molecular weight excluding hydrogens is 282 g/mol. The lowest BCUT2D eigenvalue weighted by Gasteiger charge is -2.00. The van der Waals surface area contributed by atoms with E-state index in [9.17, 15) is 9.59 Å². The van der Waals surface area contributed by atoms with Gasteiger partial charge in [-0.1, -0.05) is 12.1 Å². The lowest BCUT2D eigenvalue weighted by Crippen LogP contribution is -2.40. The molecule has 0 saturated heterocycles. The van der Waals surface area contributed by atoms with Crippen LogP contribution in [0.5, 0.6) is 0 Å². The average Bonchev–Trinajstić information content (AvgIpc) is 2.53. The third-order valence-corrected chi connectivity index (χ3v) is 3.06. The summed E-state index contributed by atoms with van der Waals surface area (Å²) in [4.78, 5) is 22.2. The molecule has 112 valence electrons. The van der Waals surface area contributed by atoms with Crippen molar-refractivity contribution in [2.45, 2.75) is 6.54 Å². The number of methoxy groups -OCH3 is 1. The molecule has 1 heterocycles. The van der Waals surface area contributed by atoms with Gasteiger partial charge in [-0.05, 0) is 29.8 Å². The summed E-state index contributed by atoms with van der Waals surface area (Å²) < 4.78 is 6.28. The lowest BCUT2D eigenvalue weighted by molar-refractivity contribution is -0.687. The highest BCUT2D eigenvalue weighted by atomic mass is 16.5. The van der Waals surface area contributed by atoms with Crippen LogP contribution in [0.25, 0.3) is 12.2 Å². The largest absolute Gasteiger partial charge is 0.477 e. The van der Waals surface area contributed by atoms with E-state index in [2.05, 4.69) is 4.74 Å². The minimum atomic E-state index is -0.895. The standard InChI is InChI=1S/C17H15NO4/c1-22-17(21)14-8-5-13(6-9-14)7-10-15-4-2-3-11-18(15)12-16(19)20/h2-11H,12H2,1H3/p+1/b10-7+. The number of aromatic nitrogens is 1. The fraction of sp³-hybridized carbons (Fsp3) is 0.118. The summed E-state index contributed by atoms with van der Waals surface area (Å²) in [6.45, 7) is -0.0954. The number of aliphatic carboxylic acids is 1. The van der Waals surface area contributed by atoms with Gasteiger partial charge in [0.2, 0.25) is 12.2 Å². The van der Waals surface area contributed by atoms with Gasteiger partial charge in [0.15, 0.2) is 6.20 Å². The van der Waals surface area contributed by atoms with Gasteiger partial charge in [-0.15, -0.1) is 0 Å². The minimum absolute atomic E-state index is 0.0954. The second kappa shape index (κ2) is 7.17. The quantitative estimate of drug-likeness (QED) is 0.677. The lowest BCUT2D eigenvalue weighted by atomic mass is 10.1. The number of hydrogen-bond donors (Lipinski definition) is 1. The van der Waals surface area contributed by atoms with Crippen LogP contribution in [0.3, 0.4) is 0 Å². The van der Waals surface area contributed by atoms with Gasteiger partial charge in [0.05, 0.1) is 12.7 Å². The first kappa shape index (κ1) is 15.4. The number of rotatable bonds is 5. The molecule has 0 saturated carbocycles. The number of esters is 1. The fourth-order valence-electron chi connectivity index (χ4n) is 1.96. The molecule has 2 aromatic rings. The summed E-state index contributed by atoms with van der Waals surface area (Å²) >= 11 is 0. The molecule has 0 spiro atoms. The fourth-order valence-corrected chi connectivity index (χ4v) is 1.96. The molecule has 0 unspecified atom stereocenters. The summed E-state index contributed by atoms with van der Waals surface area (Å²) in [6.07, 6.45) is 5.40. The summed E-state index contributed by atoms with van der Waals surface area (Å²) in [5, 5.41) is 8.89. The first-order valence-electron chi connectivity index (χ1n) is 6.67. The predicted octanol–water partition coefficient (Wildman–Crippen LogP) is 2.02. The van der Waals surface area contributed by atoms with Crippen LogP contribution in [0.2, 0.25) is 0 Å². The minimum Gasteiger partial charge on any atom is -0.477 e. The third-order valence-electron chi connectivity index (χ3n) is 3.06. The summed E-state index contributed by atoms with van der Waals surface area (Å²) in [7, 11) is 1.34. The Bertz CT molecular complexity index is 705. The molecule has 0 amide bonds. The molecule has 0 bridgehead atoms. The van der Waals surface area contributed by atoms with Gasteiger partial charge in [-0.3, -0.25) is 0 Å². The van der Waals surface area contributed by atoms with Gasteiger partial charge < -0.3 is 9.84 Å². The maximum atomic E-state index is 11.4. The highest BCUT2D eigenvalue weighted by molar-refractivity contribution is 5.89. The molecule has 1 aromatic heterocycles. The number of carbonyl (C=O) groups excluding carboxylic acids is 1. The Kier molecular flexibility index (Phi) is 5.03. The van der Waals surface area contributed by atoms with Gasteiger partial charge in [0.1, 0.15) is 0 Å². The normalized spacial score (nSPS) is 10.6. The maximum absolute atomic E-state index is 11.4. The van der Waals surface area contributed by atoms with Gasteiger partial charge in [-0.2, -0.15) is 4.57 Å². The number of ether oxygens (including phenoxy) is 1. The highest BCUT2D eigenvalue weighted by Crippen LogP contribution is 2.09. The van der Waals surface area contributed by atoms with Gasteiger partial charge in [0.25, 0.3) is 0 Å². The molecule has 0 fully saturated rings. The van der Waals surface area contributed by atoms with Crippen molar-refractivity contribution in [3.8, 4) is 0 Å². The molecule has 0 aliphatic rings. The Morgan fingerprint density at radius 3 is 2.50 bits per heavy atom. The van der Waals surface area contributed by atoms with E-state index in [1.54, 1.807) is 41.1 Å². The molecule has 5 nitrogen and oxygen atoms in total. The molecule has 22 heavy (non-hydrogen) atoms. The molecule has 1 N–H and O–H groups in total. The van der Waals surface area contributed by atoms with Crippen LogP contribution in [0.1, 0.15) is 21.6 Å². The summed E-state index contributed by atoms with van der Waals surface area (Å²) in [5.74, 6) is -1.27. The van der Waals surface area contributed by atoms with E-state index in [0.29, 0.717) is 5.56 Å². The van der Waals surface area contributed by atoms with Crippen molar-refractivity contribution < 1.29 is 24.0 Å². The van der Waals surface area contributed by atoms with Crippen molar-refractivity contribution in [2.75, 3.05) is 7.11 Å². The van der Waals surface area contributed by atoms with Crippen molar-refractivity contribution in [1.82, 2.24) is 0 Å². The van der Waals surface area contributed by atoms with E-state index < -0.39 is 5.97 Å². The van der Waals surface area contributed by atoms with Crippen molar-refractivity contribution >= 4 is 24.1 Å². The van der Waals surface area contributed by atoms with Gasteiger partial charge in [0, 0.05) is 18.2 Å². The number of hydrogen-bond acceptors (Lipinski definition) is 3. The Hall–Kier alpha value is -2.95. The van der Waals surface area contributed by atoms with E-state index in [0.717, 1.165) is 11.3 Å². The Labute approximate surface area is 128 Å². The van der Waals surface area contributed by atoms with E-state index in [-0.39, 0.29) is 12.5 Å². The zero-order chi connectivity index (χ0) is 15.9. The molecule has 0 atom stereocenters. The maximum Gasteiger partial charge on any atom is 0.370 e. The van der Waals surface area contributed by atoms with Crippen molar-refractivity contribution in [1.29, 1.82) is 0 Å². The van der Waals surface area contributed by atoms with Crippen molar-refractivity contribution in [2.24, 2.45) is 0 Å². The van der Waals surface area contributed by atoms with E-state index in [1.807, 2.05) is 24.3 Å². The van der Waals surface area contributed by atoms with E-state index >= 15 is 0 Å². The predicted molar refractivity (Wildman–Crippen MR) is 81.0 cm³/mol. The zero-order valence-corrected chi connectivity index (χ0v) is 12.1. The monoisotopic (exact) mass is 298 g/mol. The van der Waals surface area contributed by atoms with Crippen LogP contribution < -0.4 is 4.57 Å². The second-order valence-electron chi connectivity index (χ2n) is 4.59. The van der Waals surface area contributed by atoms with Crippen molar-refractivity contribution in [3.63, 3.8) is 0 Å². The molecule has 1 aromatic carbocycles. The zero-order valence-electron chi connectivity index (χ0n) is 12.1. The number of pyridine rings is 1. The average molecular weight is 298 g/mol. The van der Waals surface area contributed by atoms with Crippen LogP contribution in [0.4, 0.5) is 0 Å². The van der Waals surface area contributed by atoms with Crippen LogP contribution in [0.15, 0.2) is 48.7 Å². The van der Waals surface area contributed by atoms with E-state index in [4.69, 9.17) is 5.11 Å². The second-order valence-corrected chi connectivity index (χ2v) is 4.59. The summed E-state index contributed by atoms with van der Waals surface area (Å²) in [5.41, 5.74) is 2.17. The summed E-state index contributed by atoms with van der Waals surface area (Å²) in [6, 6.07) is 12.4. The van der Waals surface area contributed by atoms with Crippen LogP contribution >= 0.6 is 0 Å². The number of carbonyl (C=O) groups is 2. The SMILES string of the molecule is COC(=O)c1ccc(/C=C/c2cccc[n+]2CC(=O)O)cc1. The molecule has 0 aliphatic heterocycles. The van der Waals surface area contributed by atoms with Crippen LogP contribution in [-0.2, 0) is 16.1 Å². The molecule has 0 radical (unpaired) electrons. The number of nitrogens with zero attached hydrogens (tertiary/aromatic N) is 1. The highest BCUT2D eigenvalue weighted by Gasteiger charge is 2.10. The Balaban J connectivity index is 2.18. The number of carboxylic acid groups (broad SMARTS) is 1. The smallest absolute Gasteiger partial charge is 0.370 e.